The van der Waals surface area contributed by atoms with E-state index in [1.54, 1.807) is 29.1 Å². The average Bonchev–Trinajstić information content (AvgIpc) is 3.02. The van der Waals surface area contributed by atoms with Gasteiger partial charge in [-0.05, 0) is 55.7 Å². The molecule has 0 atom stereocenters. The molecule has 0 radical (unpaired) electrons. The molecule has 0 N–H and O–H groups in total. The van der Waals surface area contributed by atoms with Gasteiger partial charge in [0.25, 0.3) is 5.69 Å². The minimum atomic E-state index is -0.440. The van der Waals surface area contributed by atoms with Gasteiger partial charge in [-0.3, -0.25) is 14.9 Å². The van der Waals surface area contributed by atoms with Gasteiger partial charge in [0.15, 0.2) is 11.6 Å². The van der Waals surface area contributed by atoms with Crippen molar-refractivity contribution in [2.45, 2.75) is 19.8 Å². The smallest absolute Gasteiger partial charge is 0.269 e. The molecule has 0 saturated heterocycles. The van der Waals surface area contributed by atoms with Gasteiger partial charge in [0.1, 0.15) is 0 Å². The second-order valence-electron chi connectivity index (χ2n) is 6.35. The van der Waals surface area contributed by atoms with Crippen LogP contribution in [0.25, 0.3) is 11.9 Å². The predicted octanol–water partition coefficient (Wildman–Crippen LogP) is 3.70. The van der Waals surface area contributed by atoms with E-state index in [0.717, 1.165) is 11.3 Å². The van der Waals surface area contributed by atoms with Crippen molar-refractivity contribution in [3.63, 3.8) is 0 Å². The van der Waals surface area contributed by atoms with Crippen LogP contribution in [0.4, 0.5) is 5.69 Å². The summed E-state index contributed by atoms with van der Waals surface area (Å²) in [4.78, 5) is 27.7. The number of ketones is 1. The molecule has 0 amide bonds. The van der Waals surface area contributed by atoms with Crippen molar-refractivity contribution in [2.75, 3.05) is 0 Å². The van der Waals surface area contributed by atoms with E-state index in [4.69, 9.17) is 0 Å². The number of nitro benzene ring substituents is 1. The van der Waals surface area contributed by atoms with E-state index in [1.807, 2.05) is 25.1 Å². The molecule has 4 rings (SSSR count). The van der Waals surface area contributed by atoms with Gasteiger partial charge in [0, 0.05) is 23.9 Å². The van der Waals surface area contributed by atoms with Crippen LogP contribution in [0.1, 0.15) is 33.7 Å². The Hall–Kier alpha value is -3.61. The summed E-state index contributed by atoms with van der Waals surface area (Å²) in [6.45, 7) is 1.82. The van der Waals surface area contributed by atoms with Crippen LogP contribution in [-0.4, -0.2) is 25.5 Å². The highest BCUT2D eigenvalue weighted by Gasteiger charge is 2.29. The van der Waals surface area contributed by atoms with E-state index in [2.05, 4.69) is 10.1 Å². The number of aryl methyl sites for hydroxylation is 1. The van der Waals surface area contributed by atoms with Crippen molar-refractivity contribution in [2.24, 2.45) is 0 Å². The number of nitro groups is 1. The number of fused-ring (bicyclic) bond motifs is 1. The molecule has 0 spiro atoms. The zero-order chi connectivity index (χ0) is 19.0. The Morgan fingerprint density at radius 3 is 2.59 bits per heavy atom. The number of carbonyl (C=O) groups is 1. The summed E-state index contributed by atoms with van der Waals surface area (Å²) in [5.41, 5.74) is 3.65. The number of non-ortho nitro benzene ring substituents is 1. The molecule has 0 bridgehead atoms. The number of hydrogen-bond acceptors (Lipinski definition) is 5. The summed E-state index contributed by atoms with van der Waals surface area (Å²) >= 11 is 0. The molecular formula is C20H16N4O3. The topological polar surface area (TPSA) is 90.9 Å². The first-order chi connectivity index (χ1) is 13.0. The van der Waals surface area contributed by atoms with Crippen molar-refractivity contribution in [1.29, 1.82) is 0 Å². The Labute approximate surface area is 155 Å². The third-order valence-electron chi connectivity index (χ3n) is 4.62. The average molecular weight is 360 g/mol. The Morgan fingerprint density at radius 2 is 1.93 bits per heavy atom. The molecule has 3 aromatic rings. The van der Waals surface area contributed by atoms with Gasteiger partial charge in [0.05, 0.1) is 21.9 Å². The van der Waals surface area contributed by atoms with Gasteiger partial charge < -0.3 is 0 Å². The quantitative estimate of drug-likeness (QED) is 0.403. The molecule has 1 aliphatic carbocycles. The van der Waals surface area contributed by atoms with Crippen LogP contribution >= 0.6 is 0 Å². The molecule has 7 heteroatoms. The van der Waals surface area contributed by atoms with Gasteiger partial charge >= 0.3 is 0 Å². The van der Waals surface area contributed by atoms with Crippen LogP contribution in [0.5, 0.6) is 0 Å². The fourth-order valence-corrected chi connectivity index (χ4v) is 3.33. The summed E-state index contributed by atoms with van der Waals surface area (Å²) in [6.07, 6.45) is 4.76. The summed E-state index contributed by atoms with van der Waals surface area (Å²) in [5, 5.41) is 15.3. The van der Waals surface area contributed by atoms with Crippen LogP contribution in [0, 0.1) is 17.0 Å². The molecule has 0 unspecified atom stereocenters. The zero-order valence-corrected chi connectivity index (χ0v) is 14.6. The molecule has 0 fully saturated rings. The van der Waals surface area contributed by atoms with Gasteiger partial charge in [-0.25, -0.2) is 9.67 Å². The van der Waals surface area contributed by atoms with Crippen LogP contribution < -0.4 is 0 Å². The molecule has 0 saturated carbocycles. The highest BCUT2D eigenvalue weighted by molar-refractivity contribution is 6.13. The van der Waals surface area contributed by atoms with Gasteiger partial charge in [-0.2, -0.15) is 5.10 Å². The third kappa shape index (κ3) is 3.03. The van der Waals surface area contributed by atoms with Crippen molar-refractivity contribution in [3.05, 3.63) is 86.9 Å². The van der Waals surface area contributed by atoms with Crippen molar-refractivity contribution >= 4 is 17.5 Å². The highest BCUT2D eigenvalue weighted by atomic mass is 16.6. The van der Waals surface area contributed by atoms with E-state index in [0.29, 0.717) is 35.5 Å². The van der Waals surface area contributed by atoms with Crippen molar-refractivity contribution in [1.82, 2.24) is 14.8 Å². The number of Topliss-reactive ketones (excluding diaryl/α,β-unsaturated/α-hetero) is 1. The number of rotatable bonds is 3. The molecule has 0 aliphatic heterocycles. The number of benzene rings is 1. The Bertz CT molecular complexity index is 1070. The molecule has 134 valence electrons. The molecular weight excluding hydrogens is 344 g/mol. The molecule has 2 aromatic heterocycles. The number of allylic oxidation sites excluding steroid dienone is 1. The van der Waals surface area contributed by atoms with Crippen molar-refractivity contribution in [3.8, 4) is 5.82 Å². The number of nitrogens with zero attached hydrogens (tertiary/aromatic N) is 4. The lowest BCUT2D eigenvalue weighted by atomic mass is 9.88. The van der Waals surface area contributed by atoms with E-state index in [9.17, 15) is 14.9 Å². The van der Waals surface area contributed by atoms with Gasteiger partial charge in [-0.1, -0.05) is 6.07 Å². The minimum Gasteiger partial charge on any atom is -0.289 e. The van der Waals surface area contributed by atoms with E-state index in [1.165, 1.54) is 12.1 Å². The number of pyridine rings is 1. The number of hydrogen-bond donors (Lipinski definition) is 0. The molecule has 7 nitrogen and oxygen atoms in total. The maximum Gasteiger partial charge on any atom is 0.269 e. The Balaban J connectivity index is 1.69. The first kappa shape index (κ1) is 16.8. The van der Waals surface area contributed by atoms with Crippen LogP contribution in [0.3, 0.4) is 0 Å². The maximum atomic E-state index is 13.0. The fraction of sp³-hybridized carbons (Fsp3) is 0.150. The van der Waals surface area contributed by atoms with E-state index >= 15 is 0 Å². The van der Waals surface area contributed by atoms with Gasteiger partial charge in [0.2, 0.25) is 0 Å². The van der Waals surface area contributed by atoms with E-state index < -0.39 is 4.92 Å². The lowest BCUT2D eigenvalue weighted by Gasteiger charge is -2.16. The normalized spacial score (nSPS) is 15.0. The Kier molecular flexibility index (Phi) is 4.12. The number of aromatic nitrogens is 3. The van der Waals surface area contributed by atoms with Crippen molar-refractivity contribution < 1.29 is 9.72 Å². The second-order valence-corrected chi connectivity index (χ2v) is 6.35. The molecule has 1 aliphatic rings. The summed E-state index contributed by atoms with van der Waals surface area (Å²) in [6, 6.07) is 11.8. The lowest BCUT2D eigenvalue weighted by Crippen LogP contribution is -2.16. The van der Waals surface area contributed by atoms with Crippen LogP contribution in [0.2, 0.25) is 0 Å². The minimum absolute atomic E-state index is 0.0295. The molecule has 27 heavy (non-hydrogen) atoms. The first-order valence-electron chi connectivity index (χ1n) is 8.54. The highest BCUT2D eigenvalue weighted by Crippen LogP contribution is 2.30. The van der Waals surface area contributed by atoms with Gasteiger partial charge in [-0.15, -0.1) is 0 Å². The SMILES string of the molecule is Cc1nn(-c2ccccn2)c2c1C(=O)/C(=C\c1ccc([N+](=O)[O-])cc1)CC2. The monoisotopic (exact) mass is 360 g/mol. The fourth-order valence-electron chi connectivity index (χ4n) is 3.33. The Morgan fingerprint density at radius 1 is 1.15 bits per heavy atom. The zero-order valence-electron chi connectivity index (χ0n) is 14.6. The lowest BCUT2D eigenvalue weighted by molar-refractivity contribution is -0.384. The van der Waals surface area contributed by atoms with Crippen LogP contribution in [-0.2, 0) is 6.42 Å². The summed E-state index contributed by atoms with van der Waals surface area (Å²) < 4.78 is 1.74. The molecule has 2 heterocycles. The summed E-state index contributed by atoms with van der Waals surface area (Å²) in [7, 11) is 0. The molecule has 1 aromatic carbocycles. The third-order valence-corrected chi connectivity index (χ3v) is 4.62. The predicted molar refractivity (Wildman–Crippen MR) is 99.8 cm³/mol. The van der Waals surface area contributed by atoms with Crippen LogP contribution in [0.15, 0.2) is 54.2 Å². The number of carbonyl (C=O) groups excluding carboxylic acids is 1. The second kappa shape index (κ2) is 6.60. The summed E-state index contributed by atoms with van der Waals surface area (Å²) in [5.74, 6) is 0.645. The maximum absolute atomic E-state index is 13.0. The first-order valence-corrected chi connectivity index (χ1v) is 8.54. The largest absolute Gasteiger partial charge is 0.289 e. The van der Waals surface area contributed by atoms with E-state index in [-0.39, 0.29) is 11.5 Å². The standard InChI is InChI=1S/C20H16N4O3/c1-13-19-17(23(22-13)18-4-2-3-11-21-18)10-7-15(20(19)25)12-14-5-8-16(9-6-14)24(26)27/h2-6,8-9,11-12H,7,10H2,1H3/b15-12-.